The number of carbonyl (C=O) groups excluding carboxylic acids is 3. The fourth-order valence-corrected chi connectivity index (χ4v) is 9.04. The fourth-order valence-electron chi connectivity index (χ4n) is 9.04. The molecule has 1 unspecified atom stereocenters. The lowest BCUT2D eigenvalue weighted by molar-refractivity contribution is -0.167. The van der Waals surface area contributed by atoms with Crippen molar-refractivity contribution in [2.75, 3.05) is 13.2 Å². The number of esters is 3. The van der Waals surface area contributed by atoms with Gasteiger partial charge in [0.2, 0.25) is 0 Å². The standard InChI is InChI=1S/C73H122O6/c1-4-7-10-13-16-19-22-25-28-31-33-35-36-38-39-42-45-48-51-54-57-60-63-66-72(75)78-69-70(68-77-71(74)65-62-59-56-53-50-47-44-41-30-27-24-21-18-15-12-9-6-3)79-73(76)67-64-61-58-55-52-49-46-43-40-37-34-32-29-26-23-20-17-14-11-8-5-2/h7,9-10,12,16,18-19,21,23,25-28,30,32-35,44,47,70H,4-6,8,11,13-15,17,20,22,24,29,31,36-43,45-46,48-69H2,1-3H3/b10-7-,12-9-,19-16-,21-18-,26-23-,28-25-,30-27-,34-32-,35-33-,47-44-. The minimum Gasteiger partial charge on any atom is -0.462 e. The van der Waals surface area contributed by atoms with Crippen LogP contribution in [0.5, 0.6) is 0 Å². The highest BCUT2D eigenvalue weighted by atomic mass is 16.6. The summed E-state index contributed by atoms with van der Waals surface area (Å²) in [6.07, 6.45) is 92.0. The molecule has 0 fully saturated rings. The van der Waals surface area contributed by atoms with E-state index in [1.807, 2.05) is 0 Å². The number of hydrogen-bond donors (Lipinski definition) is 0. The molecule has 0 heterocycles. The first-order valence-corrected chi connectivity index (χ1v) is 33.0. The Morgan fingerprint density at radius 1 is 0.266 bits per heavy atom. The van der Waals surface area contributed by atoms with E-state index in [1.54, 1.807) is 0 Å². The van der Waals surface area contributed by atoms with Crippen LogP contribution < -0.4 is 0 Å². The molecule has 0 aliphatic heterocycles. The second-order valence-electron chi connectivity index (χ2n) is 21.6. The van der Waals surface area contributed by atoms with E-state index in [-0.39, 0.29) is 31.1 Å². The molecule has 0 N–H and O–H groups in total. The SMILES string of the molecule is CC/C=C\C/C=C\C/C=C\C/C=C\CCCCCCCCCCCCC(=O)OCC(COC(=O)CCCCCC/C=C\C/C=C\C/C=C\C/C=C\CC)OC(=O)CCCCCCCCCCC/C=C\C/C=C\CCCCCCC. The smallest absolute Gasteiger partial charge is 0.306 e. The number of ether oxygens (including phenoxy) is 3. The topological polar surface area (TPSA) is 78.9 Å². The molecule has 79 heavy (non-hydrogen) atoms. The van der Waals surface area contributed by atoms with Crippen molar-refractivity contribution in [3.05, 3.63) is 122 Å². The summed E-state index contributed by atoms with van der Waals surface area (Å²) >= 11 is 0. The largest absolute Gasteiger partial charge is 0.462 e. The second-order valence-corrected chi connectivity index (χ2v) is 21.6. The zero-order valence-corrected chi connectivity index (χ0v) is 51.6. The molecule has 1 atom stereocenters. The van der Waals surface area contributed by atoms with Gasteiger partial charge >= 0.3 is 17.9 Å². The summed E-state index contributed by atoms with van der Waals surface area (Å²) < 4.78 is 16.9. The van der Waals surface area contributed by atoms with Crippen molar-refractivity contribution in [2.45, 2.75) is 309 Å². The molecular weight excluding hydrogens is 973 g/mol. The van der Waals surface area contributed by atoms with Crippen molar-refractivity contribution >= 4 is 17.9 Å². The van der Waals surface area contributed by atoms with E-state index >= 15 is 0 Å². The number of carbonyl (C=O) groups is 3. The zero-order chi connectivity index (χ0) is 57.1. The van der Waals surface area contributed by atoms with Gasteiger partial charge in [-0.25, -0.2) is 0 Å². The van der Waals surface area contributed by atoms with Crippen molar-refractivity contribution < 1.29 is 28.6 Å². The van der Waals surface area contributed by atoms with Gasteiger partial charge in [-0.1, -0.05) is 277 Å². The quantitative estimate of drug-likeness (QED) is 0.0261. The molecular formula is C73H122O6. The van der Waals surface area contributed by atoms with Crippen LogP contribution >= 0.6 is 0 Å². The van der Waals surface area contributed by atoms with Gasteiger partial charge in [0, 0.05) is 19.3 Å². The molecule has 0 aromatic carbocycles. The van der Waals surface area contributed by atoms with E-state index < -0.39 is 6.10 Å². The summed E-state index contributed by atoms with van der Waals surface area (Å²) in [6.45, 7) is 6.40. The van der Waals surface area contributed by atoms with E-state index in [0.29, 0.717) is 19.3 Å². The molecule has 0 amide bonds. The normalized spacial score (nSPS) is 12.9. The maximum absolute atomic E-state index is 12.9. The van der Waals surface area contributed by atoms with Crippen molar-refractivity contribution in [3.8, 4) is 0 Å². The van der Waals surface area contributed by atoms with Crippen LogP contribution in [0.1, 0.15) is 303 Å². The summed E-state index contributed by atoms with van der Waals surface area (Å²) in [4.78, 5) is 38.4. The first-order valence-electron chi connectivity index (χ1n) is 33.0. The third-order valence-electron chi connectivity index (χ3n) is 13.9. The van der Waals surface area contributed by atoms with Crippen molar-refractivity contribution in [1.82, 2.24) is 0 Å². The minimum atomic E-state index is -0.798. The first-order chi connectivity index (χ1) is 39.0. The summed E-state index contributed by atoms with van der Waals surface area (Å²) in [6, 6.07) is 0. The molecule has 0 radical (unpaired) electrons. The molecule has 0 aromatic heterocycles. The Labute approximate surface area is 488 Å². The van der Waals surface area contributed by atoms with E-state index in [2.05, 4.69) is 142 Å². The Balaban J connectivity index is 4.42. The van der Waals surface area contributed by atoms with Gasteiger partial charge in [0.05, 0.1) is 0 Å². The monoisotopic (exact) mass is 1090 g/mol. The summed E-state index contributed by atoms with van der Waals surface area (Å²) in [5.74, 6) is -0.917. The minimum absolute atomic E-state index is 0.0917. The molecule has 0 bridgehead atoms. The average Bonchev–Trinajstić information content (AvgIpc) is 3.45. The Hall–Kier alpha value is -4.19. The summed E-state index contributed by atoms with van der Waals surface area (Å²) in [5, 5.41) is 0. The van der Waals surface area contributed by atoms with Crippen LogP contribution in [0, 0.1) is 0 Å². The van der Waals surface area contributed by atoms with Gasteiger partial charge in [0.25, 0.3) is 0 Å². The van der Waals surface area contributed by atoms with Crippen LogP contribution in [0.25, 0.3) is 0 Å². The van der Waals surface area contributed by atoms with Gasteiger partial charge in [0.15, 0.2) is 6.10 Å². The van der Waals surface area contributed by atoms with Gasteiger partial charge in [-0.3, -0.25) is 14.4 Å². The van der Waals surface area contributed by atoms with Crippen LogP contribution in [0.3, 0.4) is 0 Å². The molecule has 450 valence electrons. The maximum atomic E-state index is 12.9. The zero-order valence-electron chi connectivity index (χ0n) is 51.6. The van der Waals surface area contributed by atoms with Gasteiger partial charge in [-0.15, -0.1) is 0 Å². The van der Waals surface area contributed by atoms with Crippen LogP contribution in [0.2, 0.25) is 0 Å². The molecule has 0 aliphatic rings. The highest BCUT2D eigenvalue weighted by Crippen LogP contribution is 2.16. The highest BCUT2D eigenvalue weighted by Gasteiger charge is 2.19. The third-order valence-corrected chi connectivity index (χ3v) is 13.9. The van der Waals surface area contributed by atoms with Crippen LogP contribution in [-0.2, 0) is 28.6 Å². The second kappa shape index (κ2) is 66.3. The van der Waals surface area contributed by atoms with Gasteiger partial charge in [0.1, 0.15) is 13.2 Å². The first kappa shape index (κ1) is 74.8. The Bertz CT molecular complexity index is 1640. The lowest BCUT2D eigenvalue weighted by Gasteiger charge is -2.18. The Kier molecular flexibility index (Phi) is 62.8. The van der Waals surface area contributed by atoms with Gasteiger partial charge in [-0.05, 0) is 128 Å². The van der Waals surface area contributed by atoms with E-state index in [9.17, 15) is 14.4 Å². The summed E-state index contributed by atoms with van der Waals surface area (Å²) in [5.41, 5.74) is 0. The van der Waals surface area contributed by atoms with Gasteiger partial charge < -0.3 is 14.2 Å². The molecule has 0 rings (SSSR count). The predicted octanol–water partition coefficient (Wildman–Crippen LogP) is 22.8. The van der Waals surface area contributed by atoms with Gasteiger partial charge in [-0.2, -0.15) is 0 Å². The molecule has 0 aliphatic carbocycles. The fraction of sp³-hybridized carbons (Fsp3) is 0.685. The highest BCUT2D eigenvalue weighted by molar-refractivity contribution is 5.71. The number of rotatable bonds is 59. The van der Waals surface area contributed by atoms with E-state index in [0.717, 1.165) is 128 Å². The lowest BCUT2D eigenvalue weighted by atomic mass is 10.1. The van der Waals surface area contributed by atoms with E-state index in [4.69, 9.17) is 14.2 Å². The molecule has 6 nitrogen and oxygen atoms in total. The Morgan fingerprint density at radius 2 is 0.494 bits per heavy atom. The molecule has 0 saturated heterocycles. The third kappa shape index (κ3) is 64.5. The number of allylic oxidation sites excluding steroid dienone is 20. The number of unbranched alkanes of at least 4 members (excludes halogenated alkanes) is 28. The lowest BCUT2D eigenvalue weighted by Crippen LogP contribution is -2.30. The predicted molar refractivity (Wildman–Crippen MR) is 343 cm³/mol. The van der Waals surface area contributed by atoms with Crippen LogP contribution in [0.4, 0.5) is 0 Å². The van der Waals surface area contributed by atoms with E-state index in [1.165, 1.54) is 135 Å². The number of hydrogen-bond acceptors (Lipinski definition) is 6. The van der Waals surface area contributed by atoms with Crippen molar-refractivity contribution in [1.29, 1.82) is 0 Å². The van der Waals surface area contributed by atoms with Crippen molar-refractivity contribution in [2.24, 2.45) is 0 Å². The van der Waals surface area contributed by atoms with Crippen LogP contribution in [-0.4, -0.2) is 37.2 Å². The Morgan fingerprint density at radius 3 is 0.772 bits per heavy atom. The summed E-state index contributed by atoms with van der Waals surface area (Å²) in [7, 11) is 0. The van der Waals surface area contributed by atoms with Crippen molar-refractivity contribution in [3.63, 3.8) is 0 Å². The molecule has 6 heteroatoms. The van der Waals surface area contributed by atoms with Crippen LogP contribution in [0.15, 0.2) is 122 Å². The average molecular weight is 1100 g/mol. The molecule has 0 saturated carbocycles. The maximum Gasteiger partial charge on any atom is 0.306 e. The molecule has 0 spiro atoms. The molecule has 0 aromatic rings.